The summed E-state index contributed by atoms with van der Waals surface area (Å²) >= 11 is 0. The highest BCUT2D eigenvalue weighted by molar-refractivity contribution is 5.75. The quantitative estimate of drug-likeness (QED) is 0.790. The summed E-state index contributed by atoms with van der Waals surface area (Å²) in [7, 11) is 0. The highest BCUT2D eigenvalue weighted by Gasteiger charge is 2.26. The van der Waals surface area contributed by atoms with E-state index in [9.17, 15) is 4.79 Å². The second kappa shape index (κ2) is 7.44. The predicted octanol–water partition coefficient (Wildman–Crippen LogP) is 3.15. The van der Waals surface area contributed by atoms with Gasteiger partial charge >= 0.3 is 0 Å². The molecule has 0 saturated carbocycles. The van der Waals surface area contributed by atoms with Crippen LogP contribution in [0.15, 0.2) is 0 Å². The van der Waals surface area contributed by atoms with E-state index in [4.69, 9.17) is 0 Å². The van der Waals surface area contributed by atoms with Crippen LogP contribution in [0.2, 0.25) is 0 Å². The van der Waals surface area contributed by atoms with Gasteiger partial charge in [0.2, 0.25) is 5.91 Å². The van der Waals surface area contributed by atoms with Gasteiger partial charge in [0.25, 0.3) is 0 Å². The number of amides is 1. The molecule has 2 heterocycles. The highest BCUT2D eigenvalue weighted by atomic mass is 16.2. The lowest BCUT2D eigenvalue weighted by molar-refractivity contribution is -0.132. The van der Waals surface area contributed by atoms with Crippen molar-refractivity contribution in [3.63, 3.8) is 0 Å². The van der Waals surface area contributed by atoms with E-state index in [1.54, 1.807) is 0 Å². The maximum absolute atomic E-state index is 11.7. The Labute approximate surface area is 124 Å². The molecule has 2 fully saturated rings. The van der Waals surface area contributed by atoms with Crippen LogP contribution in [-0.4, -0.2) is 47.9 Å². The molecule has 3 nitrogen and oxygen atoms in total. The summed E-state index contributed by atoms with van der Waals surface area (Å²) in [5, 5.41) is 0. The molecule has 0 radical (unpaired) electrons. The average Bonchev–Trinajstić information content (AvgIpc) is 2.48. The van der Waals surface area contributed by atoms with Crippen molar-refractivity contribution in [2.45, 2.75) is 65.3 Å². The van der Waals surface area contributed by atoms with Crippen LogP contribution in [0.3, 0.4) is 0 Å². The Morgan fingerprint density at radius 2 is 1.50 bits per heavy atom. The molecule has 2 aliphatic rings. The van der Waals surface area contributed by atoms with E-state index in [1.807, 2.05) is 6.92 Å². The van der Waals surface area contributed by atoms with Gasteiger partial charge in [0.05, 0.1) is 0 Å². The number of hydrogen-bond acceptors (Lipinski definition) is 2. The molecule has 2 saturated heterocycles. The van der Waals surface area contributed by atoms with Crippen molar-refractivity contribution in [1.82, 2.24) is 9.80 Å². The Morgan fingerprint density at radius 3 is 1.95 bits per heavy atom. The topological polar surface area (TPSA) is 23.6 Å². The van der Waals surface area contributed by atoms with E-state index < -0.39 is 0 Å². The lowest BCUT2D eigenvalue weighted by Crippen LogP contribution is -2.40. The molecule has 3 heteroatoms. The predicted molar refractivity (Wildman–Crippen MR) is 83.6 cm³/mol. The van der Waals surface area contributed by atoms with Crippen LogP contribution in [0, 0.1) is 11.8 Å². The molecule has 0 bridgehead atoms. The molecule has 2 aliphatic heterocycles. The first-order chi connectivity index (χ1) is 9.60. The smallest absolute Gasteiger partial charge is 0.222 e. The fourth-order valence-electron chi connectivity index (χ4n) is 3.82. The Balaban J connectivity index is 1.68. The van der Waals surface area contributed by atoms with E-state index >= 15 is 0 Å². The zero-order chi connectivity index (χ0) is 14.5. The van der Waals surface area contributed by atoms with Crippen molar-refractivity contribution < 1.29 is 4.79 Å². The van der Waals surface area contributed by atoms with Gasteiger partial charge < -0.3 is 9.80 Å². The summed E-state index contributed by atoms with van der Waals surface area (Å²) in [6.07, 6.45) is 7.29. The monoisotopic (exact) mass is 280 g/mol. The maximum Gasteiger partial charge on any atom is 0.222 e. The van der Waals surface area contributed by atoms with Crippen LogP contribution in [0.4, 0.5) is 0 Å². The Morgan fingerprint density at radius 1 is 1.00 bits per heavy atom. The van der Waals surface area contributed by atoms with Crippen LogP contribution in [-0.2, 0) is 4.79 Å². The van der Waals surface area contributed by atoms with E-state index in [0.717, 1.165) is 24.9 Å². The number of piperidine rings is 2. The van der Waals surface area contributed by atoms with Crippen molar-refractivity contribution in [2.24, 2.45) is 11.8 Å². The molecular weight excluding hydrogens is 248 g/mol. The zero-order valence-electron chi connectivity index (χ0n) is 13.6. The largest absolute Gasteiger partial charge is 0.343 e. The van der Waals surface area contributed by atoms with Gasteiger partial charge in [-0.15, -0.1) is 0 Å². The van der Waals surface area contributed by atoms with Gasteiger partial charge in [-0.05, 0) is 70.9 Å². The number of likely N-dealkylation sites (tertiary alicyclic amines) is 2. The van der Waals surface area contributed by atoms with Gasteiger partial charge in [-0.25, -0.2) is 0 Å². The summed E-state index contributed by atoms with van der Waals surface area (Å²) in [5.41, 5.74) is 0. The lowest BCUT2D eigenvalue weighted by atomic mass is 9.82. The molecule has 0 N–H and O–H groups in total. The Kier molecular flexibility index (Phi) is 5.88. The summed E-state index contributed by atoms with van der Waals surface area (Å²) in [6.45, 7) is 11.2. The van der Waals surface area contributed by atoms with Crippen molar-refractivity contribution in [1.29, 1.82) is 0 Å². The average molecular weight is 280 g/mol. The van der Waals surface area contributed by atoms with Crippen molar-refractivity contribution in [3.8, 4) is 0 Å². The minimum Gasteiger partial charge on any atom is -0.343 e. The van der Waals surface area contributed by atoms with E-state index in [2.05, 4.69) is 23.6 Å². The molecule has 0 atom stereocenters. The number of hydrogen-bond donors (Lipinski definition) is 0. The number of carbonyl (C=O) groups excluding carboxylic acids is 1. The van der Waals surface area contributed by atoms with Gasteiger partial charge in [0, 0.05) is 25.6 Å². The fraction of sp³-hybridized carbons (Fsp3) is 0.941. The summed E-state index contributed by atoms with van der Waals surface area (Å²) < 4.78 is 0. The number of carbonyl (C=O) groups is 1. The molecule has 0 aromatic rings. The van der Waals surface area contributed by atoms with E-state index in [1.165, 1.54) is 45.2 Å². The Bertz CT molecular complexity index is 300. The molecule has 0 aliphatic carbocycles. The molecule has 2 rings (SSSR count). The molecular formula is C17H32N2O. The van der Waals surface area contributed by atoms with E-state index in [0.29, 0.717) is 18.4 Å². The minimum atomic E-state index is 0.341. The molecule has 20 heavy (non-hydrogen) atoms. The molecule has 0 spiro atoms. The van der Waals surface area contributed by atoms with Gasteiger partial charge in [-0.1, -0.05) is 6.92 Å². The molecule has 0 aromatic heterocycles. The second-order valence-electron chi connectivity index (χ2n) is 6.99. The minimum absolute atomic E-state index is 0.341. The highest BCUT2D eigenvalue weighted by Crippen LogP contribution is 2.30. The number of rotatable bonds is 4. The third-order valence-electron chi connectivity index (χ3n) is 5.32. The zero-order valence-corrected chi connectivity index (χ0v) is 13.6. The van der Waals surface area contributed by atoms with Crippen LogP contribution in [0.25, 0.3) is 0 Å². The molecule has 1 amide bonds. The molecule has 116 valence electrons. The van der Waals surface area contributed by atoms with Gasteiger partial charge in [-0.2, -0.15) is 0 Å². The second-order valence-corrected chi connectivity index (χ2v) is 6.99. The molecule has 0 unspecified atom stereocenters. The van der Waals surface area contributed by atoms with Gasteiger partial charge in [0.15, 0.2) is 0 Å². The van der Waals surface area contributed by atoms with Crippen LogP contribution >= 0.6 is 0 Å². The summed E-state index contributed by atoms with van der Waals surface area (Å²) in [6, 6.07) is 0.708. The maximum atomic E-state index is 11.7. The fourth-order valence-corrected chi connectivity index (χ4v) is 3.82. The third-order valence-corrected chi connectivity index (χ3v) is 5.32. The summed E-state index contributed by atoms with van der Waals surface area (Å²) in [5.74, 6) is 2.14. The normalized spacial score (nSPS) is 23.5. The standard InChI is InChI=1S/C17H32N2O/c1-4-17(20)19-11-7-16(8-12-19)13-15-5-9-18(10-6-15)14(2)3/h14-16H,4-13H2,1-3H3. The first-order valence-electron chi connectivity index (χ1n) is 8.62. The van der Waals surface area contributed by atoms with Crippen LogP contribution in [0.1, 0.15) is 59.3 Å². The van der Waals surface area contributed by atoms with Crippen LogP contribution < -0.4 is 0 Å². The summed E-state index contributed by atoms with van der Waals surface area (Å²) in [4.78, 5) is 16.4. The Hall–Kier alpha value is -0.570. The van der Waals surface area contributed by atoms with Gasteiger partial charge in [-0.3, -0.25) is 4.79 Å². The van der Waals surface area contributed by atoms with Crippen molar-refractivity contribution >= 4 is 5.91 Å². The van der Waals surface area contributed by atoms with Crippen LogP contribution in [0.5, 0.6) is 0 Å². The SMILES string of the molecule is CCC(=O)N1CCC(CC2CCN(C(C)C)CC2)CC1. The van der Waals surface area contributed by atoms with E-state index in [-0.39, 0.29) is 0 Å². The van der Waals surface area contributed by atoms with Gasteiger partial charge in [0.1, 0.15) is 0 Å². The van der Waals surface area contributed by atoms with Crippen molar-refractivity contribution in [3.05, 3.63) is 0 Å². The first-order valence-corrected chi connectivity index (χ1v) is 8.62. The first kappa shape index (κ1) is 15.8. The lowest BCUT2D eigenvalue weighted by Gasteiger charge is -2.38. The number of nitrogens with zero attached hydrogens (tertiary/aromatic N) is 2. The van der Waals surface area contributed by atoms with Crippen molar-refractivity contribution in [2.75, 3.05) is 26.2 Å². The third kappa shape index (κ3) is 4.21. The molecule has 0 aromatic carbocycles.